The molecule has 144 valence electrons. The SMILES string of the molecule is Cc1ccccc1Nc1nnc(SCC(=O)N2CCC[C@@H]3CCCC[C@H]32)s1. The molecule has 2 heterocycles. The van der Waals surface area contributed by atoms with Crippen LogP contribution in [0.3, 0.4) is 0 Å². The van der Waals surface area contributed by atoms with E-state index in [1.54, 1.807) is 0 Å². The van der Waals surface area contributed by atoms with Crippen molar-refractivity contribution in [3.63, 3.8) is 0 Å². The topological polar surface area (TPSA) is 58.1 Å². The number of fused-ring (bicyclic) bond motifs is 1. The maximum absolute atomic E-state index is 12.8. The van der Waals surface area contributed by atoms with Crippen LogP contribution >= 0.6 is 23.1 Å². The van der Waals surface area contributed by atoms with E-state index in [9.17, 15) is 4.79 Å². The molecule has 1 aromatic carbocycles. The van der Waals surface area contributed by atoms with E-state index in [2.05, 4.69) is 33.4 Å². The molecule has 1 aliphatic carbocycles. The Morgan fingerprint density at radius 1 is 1.22 bits per heavy atom. The van der Waals surface area contributed by atoms with Crippen LogP contribution < -0.4 is 5.32 Å². The van der Waals surface area contributed by atoms with Crippen LogP contribution in [0.4, 0.5) is 10.8 Å². The van der Waals surface area contributed by atoms with E-state index in [0.29, 0.717) is 11.8 Å². The Hall–Kier alpha value is -1.60. The van der Waals surface area contributed by atoms with Crippen LogP contribution in [0.25, 0.3) is 0 Å². The summed E-state index contributed by atoms with van der Waals surface area (Å²) in [5.41, 5.74) is 2.21. The Morgan fingerprint density at radius 2 is 2.04 bits per heavy atom. The first-order chi connectivity index (χ1) is 13.2. The maximum Gasteiger partial charge on any atom is 0.233 e. The number of benzene rings is 1. The van der Waals surface area contributed by atoms with E-state index in [-0.39, 0.29) is 5.91 Å². The summed E-state index contributed by atoms with van der Waals surface area (Å²) in [5, 5.41) is 12.5. The van der Waals surface area contributed by atoms with Crippen molar-refractivity contribution in [1.29, 1.82) is 0 Å². The van der Waals surface area contributed by atoms with Crippen molar-refractivity contribution < 1.29 is 4.79 Å². The maximum atomic E-state index is 12.8. The summed E-state index contributed by atoms with van der Waals surface area (Å²) in [6.45, 7) is 2.99. The highest BCUT2D eigenvalue weighted by molar-refractivity contribution is 8.01. The van der Waals surface area contributed by atoms with Gasteiger partial charge in [-0.25, -0.2) is 0 Å². The van der Waals surface area contributed by atoms with Gasteiger partial charge in [-0.15, -0.1) is 10.2 Å². The van der Waals surface area contributed by atoms with Crippen molar-refractivity contribution in [3.05, 3.63) is 29.8 Å². The summed E-state index contributed by atoms with van der Waals surface area (Å²) in [7, 11) is 0. The zero-order valence-corrected chi connectivity index (χ0v) is 17.3. The number of para-hydroxylation sites is 1. The number of nitrogens with zero attached hydrogens (tertiary/aromatic N) is 3. The molecule has 2 aromatic rings. The number of aryl methyl sites for hydroxylation is 1. The Kier molecular flexibility index (Phi) is 5.98. The molecule has 0 radical (unpaired) electrons. The van der Waals surface area contributed by atoms with Crippen LogP contribution in [-0.4, -0.2) is 39.3 Å². The van der Waals surface area contributed by atoms with Crippen molar-refractivity contribution >= 4 is 39.8 Å². The molecule has 4 rings (SSSR count). The number of hydrogen-bond donors (Lipinski definition) is 1. The molecule has 1 N–H and O–H groups in total. The van der Waals surface area contributed by atoms with Gasteiger partial charge >= 0.3 is 0 Å². The highest BCUT2D eigenvalue weighted by Gasteiger charge is 2.35. The fraction of sp³-hybridized carbons (Fsp3) is 0.550. The van der Waals surface area contributed by atoms with Gasteiger partial charge in [0.25, 0.3) is 0 Å². The van der Waals surface area contributed by atoms with Gasteiger partial charge in [-0.05, 0) is 50.2 Å². The molecule has 1 saturated carbocycles. The minimum absolute atomic E-state index is 0.264. The van der Waals surface area contributed by atoms with Crippen LogP contribution in [0.5, 0.6) is 0 Å². The van der Waals surface area contributed by atoms with E-state index in [1.807, 2.05) is 18.2 Å². The van der Waals surface area contributed by atoms with Crippen molar-refractivity contribution in [1.82, 2.24) is 15.1 Å². The van der Waals surface area contributed by atoms with Crippen LogP contribution in [0, 0.1) is 12.8 Å². The molecule has 7 heteroatoms. The molecular weight excluding hydrogens is 376 g/mol. The first-order valence-electron chi connectivity index (χ1n) is 9.79. The summed E-state index contributed by atoms with van der Waals surface area (Å²) in [6, 6.07) is 8.60. The molecule has 2 aliphatic rings. The lowest BCUT2D eigenvalue weighted by Gasteiger charge is -2.44. The molecule has 0 spiro atoms. The fourth-order valence-corrected chi connectivity index (χ4v) is 5.94. The zero-order valence-electron chi connectivity index (χ0n) is 15.7. The monoisotopic (exact) mass is 402 g/mol. The minimum atomic E-state index is 0.264. The standard InChI is InChI=1S/C20H26N4OS2/c1-14-7-2-4-10-16(14)21-19-22-23-20(27-19)26-13-18(25)24-12-6-9-15-8-3-5-11-17(15)24/h2,4,7,10,15,17H,3,5-6,8-9,11-13H2,1H3,(H,21,22)/t15-,17+/m0/s1. The summed E-state index contributed by atoms with van der Waals surface area (Å²) in [4.78, 5) is 15.0. The number of carbonyl (C=O) groups excluding carboxylic acids is 1. The second-order valence-electron chi connectivity index (χ2n) is 7.44. The average Bonchev–Trinajstić information content (AvgIpc) is 3.15. The van der Waals surface area contributed by atoms with Gasteiger partial charge in [-0.3, -0.25) is 4.79 Å². The summed E-state index contributed by atoms with van der Waals surface area (Å²) >= 11 is 3.02. The first kappa shape index (κ1) is 18.7. The normalized spacial score (nSPS) is 22.3. The smallest absolute Gasteiger partial charge is 0.233 e. The number of hydrogen-bond acceptors (Lipinski definition) is 6. The van der Waals surface area contributed by atoms with Gasteiger partial charge in [0.05, 0.1) is 5.75 Å². The largest absolute Gasteiger partial charge is 0.339 e. The van der Waals surface area contributed by atoms with Crippen LogP contribution in [0.15, 0.2) is 28.6 Å². The zero-order chi connectivity index (χ0) is 18.6. The third kappa shape index (κ3) is 4.46. The van der Waals surface area contributed by atoms with E-state index >= 15 is 0 Å². The summed E-state index contributed by atoms with van der Waals surface area (Å²) in [5.74, 6) is 1.45. The Morgan fingerprint density at radius 3 is 2.93 bits per heavy atom. The lowest BCUT2D eigenvalue weighted by Crippen LogP contribution is -2.50. The number of carbonyl (C=O) groups is 1. The summed E-state index contributed by atoms with van der Waals surface area (Å²) in [6.07, 6.45) is 7.53. The Labute approximate surface area is 168 Å². The molecule has 1 saturated heterocycles. The van der Waals surface area contributed by atoms with Gasteiger partial charge in [0.1, 0.15) is 0 Å². The number of rotatable bonds is 5. The van der Waals surface area contributed by atoms with Crippen molar-refractivity contribution in [3.8, 4) is 0 Å². The highest BCUT2D eigenvalue weighted by atomic mass is 32.2. The van der Waals surface area contributed by atoms with E-state index < -0.39 is 0 Å². The second-order valence-corrected chi connectivity index (χ2v) is 9.64. The van der Waals surface area contributed by atoms with Crippen LogP contribution in [0.2, 0.25) is 0 Å². The number of nitrogens with one attached hydrogen (secondary N) is 1. The first-order valence-corrected chi connectivity index (χ1v) is 11.6. The molecule has 1 aliphatic heterocycles. The Balaban J connectivity index is 1.33. The van der Waals surface area contributed by atoms with Gasteiger partial charge in [0.2, 0.25) is 11.0 Å². The quantitative estimate of drug-likeness (QED) is 0.724. The molecule has 2 fully saturated rings. The number of anilines is 2. The predicted molar refractivity (Wildman–Crippen MR) is 112 cm³/mol. The number of thioether (sulfide) groups is 1. The predicted octanol–water partition coefficient (Wildman–Crippen LogP) is 4.86. The van der Waals surface area contributed by atoms with E-state index in [1.165, 1.54) is 60.8 Å². The van der Waals surface area contributed by atoms with Crippen LogP contribution in [0.1, 0.15) is 44.1 Å². The average molecular weight is 403 g/mol. The number of likely N-dealkylation sites (tertiary alicyclic amines) is 1. The summed E-state index contributed by atoms with van der Waals surface area (Å²) < 4.78 is 0.844. The van der Waals surface area contributed by atoms with Crippen molar-refractivity contribution in [2.24, 2.45) is 5.92 Å². The lowest BCUT2D eigenvalue weighted by molar-refractivity contribution is -0.134. The van der Waals surface area contributed by atoms with Crippen molar-refractivity contribution in [2.75, 3.05) is 17.6 Å². The van der Waals surface area contributed by atoms with Gasteiger partial charge in [-0.2, -0.15) is 0 Å². The third-order valence-electron chi connectivity index (χ3n) is 5.68. The van der Waals surface area contributed by atoms with Gasteiger partial charge in [-0.1, -0.05) is 54.1 Å². The Bertz CT molecular complexity index is 792. The second kappa shape index (κ2) is 8.61. The fourth-order valence-electron chi connectivity index (χ4n) is 4.29. The number of piperidine rings is 1. The van der Waals surface area contributed by atoms with Crippen LogP contribution in [-0.2, 0) is 4.79 Å². The lowest BCUT2D eigenvalue weighted by atomic mass is 9.78. The van der Waals surface area contributed by atoms with Gasteiger partial charge in [0.15, 0.2) is 4.34 Å². The molecular formula is C20H26N4OS2. The molecule has 1 amide bonds. The molecule has 1 aromatic heterocycles. The molecule has 27 heavy (non-hydrogen) atoms. The number of amides is 1. The number of aromatic nitrogens is 2. The molecule has 0 bridgehead atoms. The molecule has 0 unspecified atom stereocenters. The third-order valence-corrected chi connectivity index (χ3v) is 7.63. The molecule has 5 nitrogen and oxygen atoms in total. The van der Waals surface area contributed by atoms with E-state index in [4.69, 9.17) is 0 Å². The highest BCUT2D eigenvalue weighted by Crippen LogP contribution is 2.36. The van der Waals surface area contributed by atoms with Gasteiger partial charge in [0, 0.05) is 18.3 Å². The minimum Gasteiger partial charge on any atom is -0.339 e. The molecule has 2 atom stereocenters. The van der Waals surface area contributed by atoms with Crippen molar-refractivity contribution in [2.45, 2.75) is 55.8 Å². The van der Waals surface area contributed by atoms with Gasteiger partial charge < -0.3 is 10.2 Å². The van der Waals surface area contributed by atoms with E-state index in [0.717, 1.165) is 34.0 Å².